The highest BCUT2D eigenvalue weighted by Gasteiger charge is 2.06. The number of carbonyl (C=O) groups is 1. The maximum Gasteiger partial charge on any atom is 0.252 e. The number of hydrogen-bond donors (Lipinski definition) is 1. The van der Waals surface area contributed by atoms with Crippen molar-refractivity contribution in [2.45, 2.75) is 0 Å². The van der Waals surface area contributed by atoms with Crippen molar-refractivity contribution in [1.29, 1.82) is 0 Å². The van der Waals surface area contributed by atoms with Crippen LogP contribution in [0.5, 0.6) is 0 Å². The van der Waals surface area contributed by atoms with Crippen LogP contribution in [0, 0.1) is 12.3 Å². The van der Waals surface area contributed by atoms with Gasteiger partial charge >= 0.3 is 0 Å². The van der Waals surface area contributed by atoms with Gasteiger partial charge in [0, 0.05) is 11.3 Å². The first-order valence-corrected chi connectivity index (χ1v) is 6.54. The topological polar surface area (TPSA) is 46.9 Å². The van der Waals surface area contributed by atoms with E-state index in [0.717, 1.165) is 16.7 Å². The first-order valence-electron chi connectivity index (χ1n) is 6.54. The van der Waals surface area contributed by atoms with Crippen LogP contribution in [0.3, 0.4) is 0 Å². The van der Waals surface area contributed by atoms with Crippen molar-refractivity contribution < 1.29 is 4.79 Å². The van der Waals surface area contributed by atoms with Crippen LogP contribution >= 0.6 is 0 Å². The third kappa shape index (κ3) is 2.49. The molecule has 3 rings (SSSR count). The van der Waals surface area contributed by atoms with Crippen LogP contribution in [0.25, 0.3) is 16.7 Å². The second-order valence-corrected chi connectivity index (χ2v) is 4.54. The third-order valence-electron chi connectivity index (χ3n) is 3.21. The fourth-order valence-electron chi connectivity index (χ4n) is 2.17. The molecular formula is C17H13N3O. The van der Waals surface area contributed by atoms with Gasteiger partial charge in [-0.15, -0.1) is 6.42 Å². The van der Waals surface area contributed by atoms with Crippen molar-refractivity contribution in [3.63, 3.8) is 0 Å². The van der Waals surface area contributed by atoms with Crippen molar-refractivity contribution in [3.8, 4) is 18.0 Å². The lowest BCUT2D eigenvalue weighted by atomic mass is 10.2. The SMILES string of the molecule is C#CCNC(=O)c1ccc(-n2cnc3ccccc32)cc1. The summed E-state index contributed by atoms with van der Waals surface area (Å²) in [6.45, 7) is 0.229. The minimum absolute atomic E-state index is 0.171. The maximum absolute atomic E-state index is 11.8. The fourth-order valence-corrected chi connectivity index (χ4v) is 2.17. The van der Waals surface area contributed by atoms with E-state index >= 15 is 0 Å². The highest BCUT2D eigenvalue weighted by Crippen LogP contribution is 2.18. The molecule has 0 atom stereocenters. The Bertz CT molecular complexity index is 825. The zero-order valence-electron chi connectivity index (χ0n) is 11.3. The van der Waals surface area contributed by atoms with Crippen LogP contribution in [0.4, 0.5) is 0 Å². The molecule has 1 aromatic heterocycles. The maximum atomic E-state index is 11.8. The molecule has 4 nitrogen and oxygen atoms in total. The molecule has 0 bridgehead atoms. The van der Waals surface area contributed by atoms with E-state index in [1.165, 1.54) is 0 Å². The average Bonchev–Trinajstić information content (AvgIpc) is 2.97. The van der Waals surface area contributed by atoms with Crippen molar-refractivity contribution in [3.05, 3.63) is 60.4 Å². The summed E-state index contributed by atoms with van der Waals surface area (Å²) in [5, 5.41) is 2.64. The van der Waals surface area contributed by atoms with Gasteiger partial charge in [-0.25, -0.2) is 4.98 Å². The van der Waals surface area contributed by atoms with E-state index in [0.29, 0.717) is 5.56 Å². The standard InChI is InChI=1S/C17H13N3O/c1-2-11-18-17(21)13-7-9-14(10-8-13)20-12-19-15-5-3-4-6-16(15)20/h1,3-10,12H,11H2,(H,18,21). The predicted molar refractivity (Wildman–Crippen MR) is 82.2 cm³/mol. The van der Waals surface area contributed by atoms with Crippen LogP contribution < -0.4 is 5.32 Å². The van der Waals surface area contributed by atoms with Crippen molar-refractivity contribution in [2.75, 3.05) is 6.54 Å². The van der Waals surface area contributed by atoms with E-state index in [4.69, 9.17) is 6.42 Å². The first kappa shape index (κ1) is 12.9. The Morgan fingerprint density at radius 1 is 1.19 bits per heavy atom. The number of para-hydroxylation sites is 2. The second kappa shape index (κ2) is 5.51. The number of amides is 1. The Hall–Kier alpha value is -3.06. The molecule has 0 aliphatic heterocycles. The summed E-state index contributed by atoms with van der Waals surface area (Å²) in [5.41, 5.74) is 3.51. The van der Waals surface area contributed by atoms with Crippen molar-refractivity contribution in [1.82, 2.24) is 14.9 Å². The van der Waals surface area contributed by atoms with Crippen LogP contribution in [-0.4, -0.2) is 22.0 Å². The van der Waals surface area contributed by atoms with Gasteiger partial charge in [-0.05, 0) is 36.4 Å². The Kier molecular flexibility index (Phi) is 3.40. The second-order valence-electron chi connectivity index (χ2n) is 4.54. The molecule has 0 fully saturated rings. The number of nitrogens with zero attached hydrogens (tertiary/aromatic N) is 2. The molecule has 0 radical (unpaired) electrons. The lowest BCUT2D eigenvalue weighted by Crippen LogP contribution is -2.23. The van der Waals surface area contributed by atoms with E-state index in [9.17, 15) is 4.79 Å². The molecule has 21 heavy (non-hydrogen) atoms. The van der Waals surface area contributed by atoms with E-state index in [2.05, 4.69) is 16.2 Å². The highest BCUT2D eigenvalue weighted by molar-refractivity contribution is 5.94. The highest BCUT2D eigenvalue weighted by atomic mass is 16.1. The lowest BCUT2D eigenvalue weighted by Gasteiger charge is -2.06. The van der Waals surface area contributed by atoms with E-state index in [-0.39, 0.29) is 12.5 Å². The Labute approximate surface area is 122 Å². The van der Waals surface area contributed by atoms with Crippen LogP contribution in [0.1, 0.15) is 10.4 Å². The Morgan fingerprint density at radius 3 is 2.71 bits per heavy atom. The van der Waals surface area contributed by atoms with Gasteiger partial charge in [-0.1, -0.05) is 18.1 Å². The molecule has 1 amide bonds. The van der Waals surface area contributed by atoms with Gasteiger partial charge in [-0.3, -0.25) is 9.36 Å². The summed E-state index contributed by atoms with van der Waals surface area (Å²) in [5.74, 6) is 2.21. The largest absolute Gasteiger partial charge is 0.341 e. The van der Waals surface area contributed by atoms with Gasteiger partial charge in [0.05, 0.1) is 17.6 Å². The van der Waals surface area contributed by atoms with Crippen LogP contribution in [0.2, 0.25) is 0 Å². The number of nitrogens with one attached hydrogen (secondary N) is 1. The van der Waals surface area contributed by atoms with Crippen LogP contribution in [-0.2, 0) is 0 Å². The zero-order chi connectivity index (χ0) is 14.7. The molecule has 1 heterocycles. The molecule has 0 aliphatic rings. The average molecular weight is 275 g/mol. The van der Waals surface area contributed by atoms with Gasteiger partial charge in [0.2, 0.25) is 0 Å². The number of terminal acetylenes is 1. The normalized spacial score (nSPS) is 10.2. The Balaban J connectivity index is 1.91. The summed E-state index contributed by atoms with van der Waals surface area (Å²) >= 11 is 0. The number of rotatable bonds is 3. The quantitative estimate of drug-likeness (QED) is 0.746. The molecule has 102 valence electrons. The summed E-state index contributed by atoms with van der Waals surface area (Å²) in [7, 11) is 0. The molecule has 2 aromatic carbocycles. The van der Waals surface area contributed by atoms with Gasteiger partial charge in [0.1, 0.15) is 6.33 Å². The molecule has 0 spiro atoms. The zero-order valence-corrected chi connectivity index (χ0v) is 11.3. The monoisotopic (exact) mass is 275 g/mol. The van der Waals surface area contributed by atoms with Gasteiger partial charge < -0.3 is 5.32 Å². The Morgan fingerprint density at radius 2 is 1.95 bits per heavy atom. The smallest absolute Gasteiger partial charge is 0.252 e. The molecular weight excluding hydrogens is 262 g/mol. The van der Waals surface area contributed by atoms with Crippen molar-refractivity contribution >= 4 is 16.9 Å². The minimum Gasteiger partial charge on any atom is -0.341 e. The van der Waals surface area contributed by atoms with Gasteiger partial charge in [0.25, 0.3) is 5.91 Å². The van der Waals surface area contributed by atoms with E-state index in [1.807, 2.05) is 41.0 Å². The minimum atomic E-state index is -0.171. The lowest BCUT2D eigenvalue weighted by molar-refractivity contribution is 0.0958. The van der Waals surface area contributed by atoms with E-state index in [1.54, 1.807) is 18.5 Å². The number of benzene rings is 2. The molecule has 0 saturated carbocycles. The predicted octanol–water partition coefficient (Wildman–Crippen LogP) is 2.39. The van der Waals surface area contributed by atoms with E-state index < -0.39 is 0 Å². The molecule has 0 aliphatic carbocycles. The number of carbonyl (C=O) groups excluding carboxylic acids is 1. The fraction of sp³-hybridized carbons (Fsp3) is 0.0588. The summed E-state index contributed by atoms with van der Waals surface area (Å²) < 4.78 is 1.98. The number of hydrogen-bond acceptors (Lipinski definition) is 2. The summed E-state index contributed by atoms with van der Waals surface area (Å²) in [6, 6.07) is 15.2. The molecule has 0 unspecified atom stereocenters. The molecule has 4 heteroatoms. The van der Waals surface area contributed by atoms with Gasteiger partial charge in [0.15, 0.2) is 0 Å². The molecule has 0 saturated heterocycles. The van der Waals surface area contributed by atoms with Crippen LogP contribution in [0.15, 0.2) is 54.9 Å². The summed E-state index contributed by atoms with van der Waals surface area (Å²) in [6.07, 6.45) is 6.90. The first-order chi connectivity index (χ1) is 10.3. The molecule has 3 aromatic rings. The van der Waals surface area contributed by atoms with Gasteiger partial charge in [-0.2, -0.15) is 0 Å². The number of fused-ring (bicyclic) bond motifs is 1. The van der Waals surface area contributed by atoms with Crippen molar-refractivity contribution in [2.24, 2.45) is 0 Å². The number of aromatic nitrogens is 2. The third-order valence-corrected chi connectivity index (χ3v) is 3.21. The molecule has 1 N–H and O–H groups in total. The summed E-state index contributed by atoms with van der Waals surface area (Å²) in [4.78, 5) is 16.1. The number of imidazole rings is 1.